The van der Waals surface area contributed by atoms with Crippen LogP contribution < -0.4 is 24.3 Å². The number of hydrogen-bond acceptors (Lipinski definition) is 10. The summed E-state index contributed by atoms with van der Waals surface area (Å²) in [6, 6.07) is 14.4. The SMILES string of the molecule is CCCOc1c(OCCNC(=O)OCc2ccccc2)cc(C2CCC(c3cnc(OC)c(OC)c3)O2)cc1S(=O)[O-]. The fraction of sp³-hybridized carbons (Fsp3) is 0.400. The summed E-state index contributed by atoms with van der Waals surface area (Å²) in [5, 5.41) is 2.64. The maximum Gasteiger partial charge on any atom is 0.407 e. The summed E-state index contributed by atoms with van der Waals surface area (Å²) >= 11 is -2.59. The zero-order valence-electron chi connectivity index (χ0n) is 23.8. The number of aromatic nitrogens is 1. The number of hydrogen-bond donors (Lipinski definition) is 1. The zero-order chi connectivity index (χ0) is 29.9. The van der Waals surface area contributed by atoms with Gasteiger partial charge in [-0.25, -0.2) is 9.78 Å². The van der Waals surface area contributed by atoms with Crippen LogP contribution in [0.5, 0.6) is 23.1 Å². The highest BCUT2D eigenvalue weighted by Crippen LogP contribution is 2.45. The Morgan fingerprint density at radius 2 is 1.76 bits per heavy atom. The Hall–Kier alpha value is -3.87. The molecule has 0 aliphatic carbocycles. The van der Waals surface area contributed by atoms with Crippen molar-refractivity contribution in [2.45, 2.75) is 49.9 Å². The molecule has 1 aromatic heterocycles. The summed E-state index contributed by atoms with van der Waals surface area (Å²) in [6.07, 6.45) is 2.45. The lowest BCUT2D eigenvalue weighted by Gasteiger charge is -2.21. The molecule has 0 bridgehead atoms. The van der Waals surface area contributed by atoms with Crippen LogP contribution in [-0.4, -0.2) is 53.8 Å². The van der Waals surface area contributed by atoms with Crippen molar-refractivity contribution in [3.63, 3.8) is 0 Å². The molecule has 1 amide bonds. The van der Waals surface area contributed by atoms with Crippen molar-refractivity contribution in [3.05, 3.63) is 71.4 Å². The molecule has 1 aliphatic heterocycles. The third-order valence-electron chi connectivity index (χ3n) is 6.53. The third kappa shape index (κ3) is 8.11. The van der Waals surface area contributed by atoms with Crippen molar-refractivity contribution in [1.29, 1.82) is 0 Å². The molecule has 1 N–H and O–H groups in total. The fourth-order valence-electron chi connectivity index (χ4n) is 4.50. The third-order valence-corrected chi connectivity index (χ3v) is 7.19. The molecule has 11 nitrogen and oxygen atoms in total. The first-order valence-electron chi connectivity index (χ1n) is 13.6. The van der Waals surface area contributed by atoms with Gasteiger partial charge in [0.25, 0.3) is 5.88 Å². The van der Waals surface area contributed by atoms with Crippen LogP contribution in [0.15, 0.2) is 59.6 Å². The average Bonchev–Trinajstić information content (AvgIpc) is 3.51. The Labute approximate surface area is 247 Å². The number of nitrogens with one attached hydrogen (secondary N) is 1. The molecule has 42 heavy (non-hydrogen) atoms. The summed E-state index contributed by atoms with van der Waals surface area (Å²) in [6.45, 7) is 2.56. The molecular formula is C30H35N2O9S-. The zero-order valence-corrected chi connectivity index (χ0v) is 24.6. The molecule has 226 valence electrons. The second-order valence-corrected chi connectivity index (χ2v) is 10.3. The second-order valence-electron chi connectivity index (χ2n) is 9.44. The van der Waals surface area contributed by atoms with Gasteiger partial charge < -0.3 is 38.3 Å². The van der Waals surface area contributed by atoms with Crippen molar-refractivity contribution in [3.8, 4) is 23.1 Å². The monoisotopic (exact) mass is 599 g/mol. The number of alkyl carbamates (subject to hydrolysis) is 1. The highest BCUT2D eigenvalue weighted by Gasteiger charge is 2.30. The normalized spacial score (nSPS) is 16.9. The molecular weight excluding hydrogens is 564 g/mol. The number of rotatable bonds is 14. The van der Waals surface area contributed by atoms with Crippen LogP contribution in [0.4, 0.5) is 4.79 Å². The van der Waals surface area contributed by atoms with Crippen LogP contribution >= 0.6 is 0 Å². The van der Waals surface area contributed by atoms with Crippen molar-refractivity contribution in [2.24, 2.45) is 0 Å². The molecule has 1 saturated heterocycles. The maximum absolute atomic E-state index is 12.2. The van der Waals surface area contributed by atoms with Crippen LogP contribution in [0.1, 0.15) is 55.1 Å². The van der Waals surface area contributed by atoms with E-state index in [9.17, 15) is 13.6 Å². The molecule has 0 spiro atoms. The van der Waals surface area contributed by atoms with Gasteiger partial charge in [-0.15, -0.1) is 0 Å². The Kier molecular flexibility index (Phi) is 11.4. The van der Waals surface area contributed by atoms with E-state index in [0.717, 1.165) is 11.1 Å². The molecule has 1 fully saturated rings. The van der Waals surface area contributed by atoms with Crippen LogP contribution in [0.3, 0.4) is 0 Å². The highest BCUT2D eigenvalue weighted by molar-refractivity contribution is 7.79. The van der Waals surface area contributed by atoms with E-state index in [2.05, 4.69) is 10.3 Å². The number of carbonyl (C=O) groups excluding carboxylic acids is 1. The number of benzene rings is 2. The topological polar surface area (TPSA) is 138 Å². The van der Waals surface area contributed by atoms with Crippen molar-refractivity contribution in [2.75, 3.05) is 34.0 Å². The Morgan fingerprint density at radius 3 is 2.45 bits per heavy atom. The Morgan fingerprint density at radius 1 is 1.02 bits per heavy atom. The number of amides is 1. The van der Waals surface area contributed by atoms with Crippen molar-refractivity contribution >= 4 is 17.2 Å². The minimum Gasteiger partial charge on any atom is -0.768 e. The summed E-state index contributed by atoms with van der Waals surface area (Å²) in [5.41, 5.74) is 2.34. The molecule has 2 aromatic carbocycles. The van der Waals surface area contributed by atoms with E-state index < -0.39 is 17.2 Å². The molecule has 1 aliphatic rings. The van der Waals surface area contributed by atoms with E-state index >= 15 is 0 Å². The fourth-order valence-corrected chi connectivity index (χ4v) is 5.04. The Bertz CT molecular complexity index is 1360. The number of methoxy groups -OCH3 is 2. The van der Waals surface area contributed by atoms with Crippen molar-refractivity contribution < 1.29 is 42.0 Å². The van der Waals surface area contributed by atoms with Gasteiger partial charge in [-0.05, 0) is 59.7 Å². The first-order chi connectivity index (χ1) is 20.4. The maximum atomic E-state index is 12.2. The summed E-state index contributed by atoms with van der Waals surface area (Å²) < 4.78 is 58.4. The van der Waals surface area contributed by atoms with E-state index in [1.165, 1.54) is 7.11 Å². The standard InChI is InChI=1S/C30H36N2O9S/c1-4-13-39-28-25(38-14-12-31-30(33)40-19-20-8-6-5-7-9-20)15-21(17-27(28)42(34)35)23-10-11-24(41-23)22-16-26(36-2)29(37-3)32-18-22/h5-9,15-18,23-24H,4,10-14,19H2,1-3H3,(H,31,33)(H,34,35)/p-1. The van der Waals surface area contributed by atoms with Crippen molar-refractivity contribution in [1.82, 2.24) is 10.3 Å². The lowest BCUT2D eigenvalue weighted by Crippen LogP contribution is -2.28. The minimum atomic E-state index is -2.59. The van der Waals surface area contributed by atoms with Gasteiger partial charge in [0.05, 0.1) is 44.5 Å². The first-order valence-corrected chi connectivity index (χ1v) is 14.7. The number of nitrogens with zero attached hydrogens (tertiary/aromatic N) is 1. The molecule has 3 aromatic rings. The van der Waals surface area contributed by atoms with E-state index in [1.54, 1.807) is 25.4 Å². The van der Waals surface area contributed by atoms with Gasteiger partial charge in [-0.3, -0.25) is 4.21 Å². The number of carbonyl (C=O) groups is 1. The van der Waals surface area contributed by atoms with E-state index in [4.69, 9.17) is 28.4 Å². The molecule has 3 atom stereocenters. The van der Waals surface area contributed by atoms with Gasteiger partial charge in [0.15, 0.2) is 17.2 Å². The predicted octanol–water partition coefficient (Wildman–Crippen LogP) is 5.02. The quantitative estimate of drug-likeness (QED) is 0.198. The summed E-state index contributed by atoms with van der Waals surface area (Å²) in [5.74, 6) is 1.25. The summed E-state index contributed by atoms with van der Waals surface area (Å²) in [4.78, 5) is 16.4. The average molecular weight is 600 g/mol. The van der Waals surface area contributed by atoms with Gasteiger partial charge >= 0.3 is 6.09 Å². The van der Waals surface area contributed by atoms with Gasteiger partial charge in [0.2, 0.25) is 0 Å². The molecule has 0 saturated carbocycles. The largest absolute Gasteiger partial charge is 0.768 e. The number of ether oxygens (including phenoxy) is 6. The molecule has 4 rings (SSSR count). The smallest absolute Gasteiger partial charge is 0.407 e. The van der Waals surface area contributed by atoms with Gasteiger partial charge in [0, 0.05) is 11.8 Å². The molecule has 2 heterocycles. The minimum absolute atomic E-state index is 0.0222. The summed E-state index contributed by atoms with van der Waals surface area (Å²) in [7, 11) is 3.06. The van der Waals surface area contributed by atoms with E-state index in [0.29, 0.717) is 43.1 Å². The number of pyridine rings is 1. The van der Waals surface area contributed by atoms with Crippen LogP contribution in [0.25, 0.3) is 0 Å². The van der Waals surface area contributed by atoms with E-state index in [1.807, 2.05) is 43.3 Å². The first kappa shape index (κ1) is 31.1. The lowest BCUT2D eigenvalue weighted by atomic mass is 10.0. The highest BCUT2D eigenvalue weighted by atomic mass is 32.2. The lowest BCUT2D eigenvalue weighted by molar-refractivity contribution is 0.0434. The molecule has 3 unspecified atom stereocenters. The predicted molar refractivity (Wildman–Crippen MR) is 153 cm³/mol. The van der Waals surface area contributed by atoms with Crippen LogP contribution in [0, 0.1) is 0 Å². The Balaban J connectivity index is 1.45. The van der Waals surface area contributed by atoms with Gasteiger partial charge in [0.1, 0.15) is 13.2 Å². The molecule has 0 radical (unpaired) electrons. The van der Waals surface area contributed by atoms with E-state index in [-0.39, 0.29) is 48.4 Å². The van der Waals surface area contributed by atoms with Gasteiger partial charge in [-0.1, -0.05) is 37.3 Å². The molecule has 12 heteroatoms. The van der Waals surface area contributed by atoms with Gasteiger partial charge in [-0.2, -0.15) is 0 Å². The van der Waals surface area contributed by atoms with Crippen LogP contribution in [0.2, 0.25) is 0 Å². The van der Waals surface area contributed by atoms with Crippen LogP contribution in [-0.2, 0) is 27.2 Å². The second kappa shape index (κ2) is 15.4.